The second-order valence-electron chi connectivity index (χ2n) is 6.71. The van der Waals surface area contributed by atoms with Crippen molar-refractivity contribution < 1.29 is 23.6 Å². The fourth-order valence-corrected chi connectivity index (χ4v) is 3.29. The number of imide groups is 1. The standard InChI is InChI=1S/C20H17N5O5/c21-18(27)12-6-8-13(9-7-12)24-17(26)10-15(19(24)28)22-11-16-20(29)30-23-25(16)14-4-2-1-3-5-14/h1-9,15,22H,10-11H2,(H2-,21,23,27,29)/p+1. The van der Waals surface area contributed by atoms with Gasteiger partial charge in [-0.05, 0) is 34.2 Å². The second kappa shape index (κ2) is 7.76. The van der Waals surface area contributed by atoms with Gasteiger partial charge in [-0.25, -0.2) is 9.69 Å². The summed E-state index contributed by atoms with van der Waals surface area (Å²) in [5.74, 6) is -1.43. The van der Waals surface area contributed by atoms with Crippen LogP contribution in [0, 0.1) is 0 Å². The van der Waals surface area contributed by atoms with Crippen molar-refractivity contribution in [3.63, 3.8) is 0 Å². The van der Waals surface area contributed by atoms with Crippen molar-refractivity contribution in [2.24, 2.45) is 5.73 Å². The first-order chi connectivity index (χ1) is 14.5. The Kier molecular flexibility index (Phi) is 4.98. The molecule has 3 aromatic rings. The average Bonchev–Trinajstić information content (AvgIpc) is 3.25. The number of para-hydroxylation sites is 1. The summed E-state index contributed by atoms with van der Waals surface area (Å²) in [6, 6.07) is 14.1. The van der Waals surface area contributed by atoms with Gasteiger partial charge in [0.1, 0.15) is 0 Å². The molecule has 2 heterocycles. The SMILES string of the molecule is NC(=O)c1ccc(N2C(=O)CC(NCc3c(=O)o[nH][n+]3-c3ccccc3)C2=O)cc1. The van der Waals surface area contributed by atoms with Crippen LogP contribution in [0.5, 0.6) is 0 Å². The van der Waals surface area contributed by atoms with Crippen LogP contribution in [0.15, 0.2) is 63.9 Å². The molecule has 0 spiro atoms. The molecule has 4 N–H and O–H groups in total. The number of carbonyl (C=O) groups is 3. The molecule has 3 amide bonds. The summed E-state index contributed by atoms with van der Waals surface area (Å²) in [5.41, 5.74) is 6.19. The number of nitrogens with zero attached hydrogens (tertiary/aromatic N) is 2. The number of benzene rings is 2. The predicted octanol–water partition coefficient (Wildman–Crippen LogP) is -0.235. The Balaban J connectivity index is 1.50. The van der Waals surface area contributed by atoms with E-state index >= 15 is 0 Å². The first-order valence-electron chi connectivity index (χ1n) is 9.13. The summed E-state index contributed by atoms with van der Waals surface area (Å²) in [7, 11) is 0. The van der Waals surface area contributed by atoms with Crippen LogP contribution in [-0.4, -0.2) is 29.0 Å². The fraction of sp³-hybridized carbons (Fsp3) is 0.150. The van der Waals surface area contributed by atoms with Gasteiger partial charge in [-0.1, -0.05) is 18.2 Å². The van der Waals surface area contributed by atoms with Gasteiger partial charge in [0.05, 0.1) is 24.7 Å². The maximum atomic E-state index is 12.8. The number of carbonyl (C=O) groups excluding carboxylic acids is 3. The summed E-state index contributed by atoms with van der Waals surface area (Å²) in [5, 5.41) is 5.48. The highest BCUT2D eigenvalue weighted by atomic mass is 16.5. The first kappa shape index (κ1) is 19.3. The highest BCUT2D eigenvalue weighted by molar-refractivity contribution is 6.22. The summed E-state index contributed by atoms with van der Waals surface area (Å²) in [6.07, 6.45) is -0.0580. The van der Waals surface area contributed by atoms with Crippen molar-refractivity contribution in [2.75, 3.05) is 4.90 Å². The predicted molar refractivity (Wildman–Crippen MR) is 104 cm³/mol. The van der Waals surface area contributed by atoms with Crippen LogP contribution < -0.4 is 26.3 Å². The summed E-state index contributed by atoms with van der Waals surface area (Å²) in [6.45, 7) is 0.0128. The van der Waals surface area contributed by atoms with E-state index in [2.05, 4.69) is 10.6 Å². The third-order valence-corrected chi connectivity index (χ3v) is 4.82. The van der Waals surface area contributed by atoms with Gasteiger partial charge in [0.25, 0.3) is 5.91 Å². The van der Waals surface area contributed by atoms with Crippen LogP contribution in [0.1, 0.15) is 22.5 Å². The molecule has 1 aliphatic rings. The van der Waals surface area contributed by atoms with Crippen LogP contribution >= 0.6 is 0 Å². The van der Waals surface area contributed by atoms with Crippen molar-refractivity contribution >= 4 is 23.4 Å². The zero-order valence-corrected chi connectivity index (χ0v) is 15.7. The highest BCUT2D eigenvalue weighted by Gasteiger charge is 2.40. The molecular formula is C20H18N5O5+. The fourth-order valence-electron chi connectivity index (χ4n) is 3.29. The van der Waals surface area contributed by atoms with E-state index in [9.17, 15) is 19.2 Å². The number of nitrogens with one attached hydrogen (secondary N) is 2. The zero-order valence-electron chi connectivity index (χ0n) is 15.7. The van der Waals surface area contributed by atoms with Gasteiger partial charge in [0.15, 0.2) is 0 Å². The van der Waals surface area contributed by atoms with E-state index in [-0.39, 0.29) is 30.1 Å². The topological polar surface area (TPSA) is 142 Å². The second-order valence-corrected chi connectivity index (χ2v) is 6.71. The lowest BCUT2D eigenvalue weighted by molar-refractivity contribution is -0.677. The molecule has 0 aliphatic carbocycles. The number of amides is 3. The average molecular weight is 408 g/mol. The first-order valence-corrected chi connectivity index (χ1v) is 9.13. The van der Waals surface area contributed by atoms with E-state index in [1.807, 2.05) is 18.2 Å². The molecule has 1 aliphatic heterocycles. The monoisotopic (exact) mass is 408 g/mol. The van der Waals surface area contributed by atoms with Crippen LogP contribution in [0.25, 0.3) is 5.69 Å². The number of anilines is 1. The largest absolute Gasteiger partial charge is 0.431 e. The summed E-state index contributed by atoms with van der Waals surface area (Å²) >= 11 is 0. The van der Waals surface area contributed by atoms with E-state index in [4.69, 9.17) is 10.3 Å². The number of aromatic amines is 1. The van der Waals surface area contributed by atoms with Gasteiger partial charge < -0.3 is 5.73 Å². The van der Waals surface area contributed by atoms with E-state index in [1.54, 1.807) is 12.1 Å². The minimum Gasteiger partial charge on any atom is -0.366 e. The number of rotatable bonds is 6. The van der Waals surface area contributed by atoms with Crippen molar-refractivity contribution in [3.05, 3.63) is 76.3 Å². The lowest BCUT2D eigenvalue weighted by Gasteiger charge is -2.15. The van der Waals surface area contributed by atoms with Crippen LogP contribution in [0.2, 0.25) is 0 Å². The Morgan fingerprint density at radius 3 is 2.50 bits per heavy atom. The van der Waals surface area contributed by atoms with Crippen LogP contribution in [-0.2, 0) is 16.1 Å². The molecular weight excluding hydrogens is 390 g/mol. The van der Waals surface area contributed by atoms with Crippen LogP contribution in [0.4, 0.5) is 5.69 Å². The van der Waals surface area contributed by atoms with Crippen LogP contribution in [0.3, 0.4) is 0 Å². The van der Waals surface area contributed by atoms with Gasteiger partial charge in [-0.3, -0.25) is 24.2 Å². The summed E-state index contributed by atoms with van der Waals surface area (Å²) in [4.78, 5) is 49.5. The maximum absolute atomic E-state index is 12.8. The number of hydrogen-bond donors (Lipinski definition) is 3. The molecule has 0 radical (unpaired) electrons. The van der Waals surface area contributed by atoms with Crippen molar-refractivity contribution in [1.29, 1.82) is 0 Å². The molecule has 1 saturated heterocycles. The van der Waals surface area contributed by atoms with E-state index in [0.717, 1.165) is 4.90 Å². The molecule has 4 rings (SSSR count). The Morgan fingerprint density at radius 1 is 1.13 bits per heavy atom. The molecule has 1 fully saturated rings. The Labute approximate surface area is 169 Å². The molecule has 10 heteroatoms. The quantitative estimate of drug-likeness (QED) is 0.380. The Morgan fingerprint density at radius 2 is 1.83 bits per heavy atom. The molecule has 30 heavy (non-hydrogen) atoms. The third kappa shape index (κ3) is 3.51. The van der Waals surface area contributed by atoms with E-state index < -0.39 is 23.5 Å². The molecule has 1 atom stereocenters. The summed E-state index contributed by atoms with van der Waals surface area (Å²) < 4.78 is 6.35. The number of nitrogens with two attached hydrogens (primary N) is 1. The van der Waals surface area contributed by atoms with Gasteiger partial charge in [0.2, 0.25) is 17.5 Å². The van der Waals surface area contributed by atoms with Gasteiger partial charge >= 0.3 is 11.3 Å². The van der Waals surface area contributed by atoms with Gasteiger partial charge in [-0.2, -0.15) is 0 Å². The van der Waals surface area contributed by atoms with Crippen molar-refractivity contribution in [3.8, 4) is 5.69 Å². The van der Waals surface area contributed by atoms with Crippen molar-refractivity contribution in [1.82, 2.24) is 10.6 Å². The minimum absolute atomic E-state index is 0.0128. The molecule has 10 nitrogen and oxygen atoms in total. The normalized spacial score (nSPS) is 16.3. The van der Waals surface area contributed by atoms with Gasteiger partial charge in [0, 0.05) is 17.7 Å². The lowest BCUT2D eigenvalue weighted by atomic mass is 10.2. The number of primary amides is 1. The minimum atomic E-state index is -0.799. The molecule has 1 unspecified atom stereocenters. The molecule has 0 saturated carbocycles. The molecule has 152 valence electrons. The third-order valence-electron chi connectivity index (χ3n) is 4.82. The number of H-pyrrole nitrogens is 1. The number of hydrogen-bond acceptors (Lipinski definition) is 6. The smallest absolute Gasteiger partial charge is 0.366 e. The van der Waals surface area contributed by atoms with Gasteiger partial charge in [-0.15, -0.1) is 0 Å². The Bertz CT molecular complexity index is 1170. The molecule has 2 aromatic carbocycles. The van der Waals surface area contributed by atoms with E-state index in [1.165, 1.54) is 28.9 Å². The molecule has 1 aromatic heterocycles. The number of aromatic nitrogens is 2. The maximum Gasteiger partial charge on any atom is 0.431 e. The van der Waals surface area contributed by atoms with E-state index in [0.29, 0.717) is 11.4 Å². The molecule has 0 bridgehead atoms. The highest BCUT2D eigenvalue weighted by Crippen LogP contribution is 2.23. The Hall–Kier alpha value is -4.05. The van der Waals surface area contributed by atoms with Crippen molar-refractivity contribution in [2.45, 2.75) is 19.0 Å². The zero-order chi connectivity index (χ0) is 21.3. The lowest BCUT2D eigenvalue weighted by Crippen LogP contribution is -2.44.